The summed E-state index contributed by atoms with van der Waals surface area (Å²) in [5.41, 5.74) is 4.80. The van der Waals surface area contributed by atoms with Crippen LogP contribution >= 0.6 is 0 Å². The normalized spacial score (nSPS) is 38.8. The Balaban J connectivity index is 1.67. The van der Waals surface area contributed by atoms with E-state index in [4.69, 9.17) is 4.74 Å². The van der Waals surface area contributed by atoms with Gasteiger partial charge in [-0.05, 0) is 33.0 Å². The number of aliphatic hydroxyl groups is 2. The molecule has 3 nitrogen and oxygen atoms in total. The van der Waals surface area contributed by atoms with Gasteiger partial charge in [-0.25, -0.2) is 0 Å². The Kier molecular flexibility index (Phi) is 2.13. The molecule has 6 rings (SSSR count). The van der Waals surface area contributed by atoms with Gasteiger partial charge in [-0.3, -0.25) is 0 Å². The minimum absolute atomic E-state index is 0.00682. The number of allylic oxidation sites excluding steroid dienone is 2. The van der Waals surface area contributed by atoms with Crippen molar-refractivity contribution in [1.29, 1.82) is 0 Å². The molecule has 2 aromatic rings. The van der Waals surface area contributed by atoms with Gasteiger partial charge in [0.1, 0.15) is 18.3 Å². The fraction of sp³-hybridized carbons (Fsp3) is 0.300. The summed E-state index contributed by atoms with van der Waals surface area (Å²) >= 11 is 0. The summed E-state index contributed by atoms with van der Waals surface area (Å²) in [5, 5.41) is 23.3. The second-order valence-electron chi connectivity index (χ2n) is 7.04. The maximum atomic E-state index is 10.5. The van der Waals surface area contributed by atoms with Gasteiger partial charge in [-0.15, -0.1) is 0 Å². The van der Waals surface area contributed by atoms with Crippen LogP contribution < -0.4 is 0 Å². The van der Waals surface area contributed by atoms with Crippen LogP contribution in [0.2, 0.25) is 0 Å². The molecular weight excluding hydrogens is 288 g/mol. The highest BCUT2D eigenvalue weighted by atomic mass is 16.6. The fourth-order valence-corrected chi connectivity index (χ4v) is 4.86. The van der Waals surface area contributed by atoms with Crippen LogP contribution in [0.1, 0.15) is 28.5 Å². The zero-order chi connectivity index (χ0) is 15.3. The van der Waals surface area contributed by atoms with Crippen molar-refractivity contribution >= 4 is 16.8 Å². The van der Waals surface area contributed by atoms with Gasteiger partial charge < -0.3 is 14.9 Å². The van der Waals surface area contributed by atoms with Crippen molar-refractivity contribution in [2.24, 2.45) is 0 Å². The first kappa shape index (κ1) is 12.5. The van der Waals surface area contributed by atoms with Crippen molar-refractivity contribution < 1.29 is 14.9 Å². The molecule has 2 N–H and O–H groups in total. The lowest BCUT2D eigenvalue weighted by molar-refractivity contribution is 0.0175. The lowest BCUT2D eigenvalue weighted by atomic mass is 9.67. The van der Waals surface area contributed by atoms with Crippen LogP contribution in [0.15, 0.2) is 48.1 Å². The lowest BCUT2D eigenvalue weighted by Crippen LogP contribution is -2.43. The van der Waals surface area contributed by atoms with Crippen LogP contribution in [0.4, 0.5) is 0 Å². The minimum Gasteiger partial charge on any atom is -0.387 e. The zero-order valence-electron chi connectivity index (χ0n) is 12.4. The van der Waals surface area contributed by atoms with Crippen LogP contribution in [0.25, 0.3) is 16.8 Å². The molecule has 23 heavy (non-hydrogen) atoms. The van der Waals surface area contributed by atoms with E-state index in [1.54, 1.807) is 0 Å². The molecule has 0 radical (unpaired) electrons. The summed E-state index contributed by atoms with van der Waals surface area (Å²) in [4.78, 5) is 0. The summed E-state index contributed by atoms with van der Waals surface area (Å²) in [6.07, 6.45) is 4.68. The van der Waals surface area contributed by atoms with E-state index in [1.165, 1.54) is 27.5 Å². The lowest BCUT2D eigenvalue weighted by Gasteiger charge is -2.38. The number of hydrogen-bond acceptors (Lipinski definition) is 3. The molecule has 1 heterocycles. The Morgan fingerprint density at radius 3 is 2.83 bits per heavy atom. The van der Waals surface area contributed by atoms with Gasteiger partial charge in [0.25, 0.3) is 0 Å². The van der Waals surface area contributed by atoms with Crippen LogP contribution in [0, 0.1) is 0 Å². The average Bonchev–Trinajstić information content (AvgIpc) is 3.37. The molecule has 0 unspecified atom stereocenters. The van der Waals surface area contributed by atoms with E-state index in [0.29, 0.717) is 0 Å². The van der Waals surface area contributed by atoms with Gasteiger partial charge in [0, 0.05) is 11.8 Å². The van der Waals surface area contributed by atoms with Gasteiger partial charge in [-0.2, -0.15) is 0 Å². The third-order valence-electron chi connectivity index (χ3n) is 5.93. The highest BCUT2D eigenvalue weighted by Gasteiger charge is 2.59. The predicted octanol–water partition coefficient (Wildman–Crippen LogP) is 2.48. The van der Waals surface area contributed by atoms with Gasteiger partial charge in [0.05, 0.1) is 6.10 Å². The smallest absolute Gasteiger partial charge is 0.114 e. The van der Waals surface area contributed by atoms with E-state index >= 15 is 0 Å². The number of aliphatic hydroxyl groups excluding tert-OH is 2. The number of ether oxygens (including phenoxy) is 1. The summed E-state index contributed by atoms with van der Waals surface area (Å²) < 4.78 is 5.71. The van der Waals surface area contributed by atoms with E-state index in [-0.39, 0.29) is 24.0 Å². The number of rotatable bonds is 0. The van der Waals surface area contributed by atoms with E-state index in [1.807, 2.05) is 0 Å². The minimum atomic E-state index is -0.821. The number of epoxide rings is 1. The third-order valence-corrected chi connectivity index (χ3v) is 5.93. The average molecular weight is 304 g/mol. The molecule has 1 saturated carbocycles. The number of benzene rings is 2. The summed E-state index contributed by atoms with van der Waals surface area (Å²) in [6, 6.07) is 10.8. The predicted molar refractivity (Wildman–Crippen MR) is 87.2 cm³/mol. The molecule has 3 heteroatoms. The first-order valence-electron chi connectivity index (χ1n) is 8.21. The zero-order valence-corrected chi connectivity index (χ0v) is 12.4. The Morgan fingerprint density at radius 2 is 1.91 bits per heavy atom. The molecule has 0 spiro atoms. The van der Waals surface area contributed by atoms with Gasteiger partial charge in [-0.1, -0.05) is 48.6 Å². The molecule has 2 fully saturated rings. The molecule has 1 saturated heterocycles. The monoisotopic (exact) mass is 304 g/mol. The van der Waals surface area contributed by atoms with E-state index in [9.17, 15) is 10.2 Å². The second kappa shape index (κ2) is 3.93. The van der Waals surface area contributed by atoms with Crippen molar-refractivity contribution in [2.45, 2.75) is 36.3 Å². The molecule has 6 atom stereocenters. The van der Waals surface area contributed by atoms with Gasteiger partial charge in [0.15, 0.2) is 0 Å². The first-order chi connectivity index (χ1) is 11.2. The van der Waals surface area contributed by atoms with E-state index < -0.39 is 12.2 Å². The van der Waals surface area contributed by atoms with E-state index in [0.717, 1.165) is 5.57 Å². The van der Waals surface area contributed by atoms with Crippen molar-refractivity contribution in [3.63, 3.8) is 0 Å². The van der Waals surface area contributed by atoms with E-state index in [2.05, 4.69) is 48.6 Å². The second-order valence-corrected chi connectivity index (χ2v) is 7.04. The van der Waals surface area contributed by atoms with Gasteiger partial charge in [0.2, 0.25) is 0 Å². The Hall–Kier alpha value is -1.94. The Morgan fingerprint density at radius 1 is 1.00 bits per heavy atom. The standard InChI is InChI=1S/C20H16O3/c21-17-13-8-11-5-4-9-2-1-3-10-6-7-12(15(11)14(9)10)16(13)19-20(23-19)18(17)22/h1-8,11,16-22H/t11-,16+,17-,18-,19-,20+/m1/s1. The molecule has 0 amide bonds. The topological polar surface area (TPSA) is 53.0 Å². The summed E-state index contributed by atoms with van der Waals surface area (Å²) in [5.74, 6) is 0.251. The highest BCUT2D eigenvalue weighted by molar-refractivity contribution is 5.97. The summed E-state index contributed by atoms with van der Waals surface area (Å²) in [7, 11) is 0. The van der Waals surface area contributed by atoms with Crippen molar-refractivity contribution in [1.82, 2.24) is 0 Å². The molecule has 2 aromatic carbocycles. The van der Waals surface area contributed by atoms with Crippen LogP contribution in [0.3, 0.4) is 0 Å². The largest absolute Gasteiger partial charge is 0.387 e. The maximum absolute atomic E-state index is 10.5. The fourth-order valence-electron chi connectivity index (χ4n) is 4.86. The quantitative estimate of drug-likeness (QED) is 0.581. The van der Waals surface area contributed by atoms with Gasteiger partial charge >= 0.3 is 0 Å². The molecule has 4 aliphatic rings. The Bertz CT molecular complexity index is 926. The van der Waals surface area contributed by atoms with Crippen molar-refractivity contribution in [3.05, 3.63) is 64.7 Å². The van der Waals surface area contributed by atoms with Crippen molar-refractivity contribution in [2.75, 3.05) is 0 Å². The maximum Gasteiger partial charge on any atom is 0.114 e. The highest BCUT2D eigenvalue weighted by Crippen LogP contribution is 2.55. The molecule has 0 aromatic heterocycles. The Labute approximate surface area is 133 Å². The van der Waals surface area contributed by atoms with Crippen LogP contribution in [-0.4, -0.2) is 34.6 Å². The molecular formula is C20H16O3. The molecule has 0 bridgehead atoms. The molecule has 1 aliphatic heterocycles. The molecule has 114 valence electrons. The summed E-state index contributed by atoms with van der Waals surface area (Å²) in [6.45, 7) is 0. The first-order valence-corrected chi connectivity index (χ1v) is 8.21. The third kappa shape index (κ3) is 1.41. The van der Waals surface area contributed by atoms with Crippen molar-refractivity contribution in [3.8, 4) is 0 Å². The van der Waals surface area contributed by atoms with Crippen LogP contribution in [-0.2, 0) is 4.74 Å². The number of hydrogen-bond donors (Lipinski definition) is 2. The van der Waals surface area contributed by atoms with Crippen LogP contribution in [0.5, 0.6) is 0 Å². The SMILES string of the molecule is O[C@H]1[C@@H]2O[C@@H]2[C@@H]2C(=C[C@H]3C=Cc4cccc5ccc2c3c45)[C@H]1O. The number of fused-ring (bicyclic) bond motifs is 4. The molecule has 3 aliphatic carbocycles.